The molecule has 1 fully saturated rings. The fourth-order valence-electron chi connectivity index (χ4n) is 2.31. The molecule has 0 aromatic heterocycles. The van der Waals surface area contributed by atoms with E-state index in [2.05, 4.69) is 18.8 Å². The number of alkyl halides is 4. The van der Waals surface area contributed by atoms with E-state index in [0.717, 1.165) is 0 Å². The van der Waals surface area contributed by atoms with Gasteiger partial charge in [-0.1, -0.05) is 0 Å². The molecule has 164 valence electrons. The highest BCUT2D eigenvalue weighted by atomic mass is 32.2. The van der Waals surface area contributed by atoms with E-state index in [1.165, 1.54) is 0 Å². The van der Waals surface area contributed by atoms with Crippen molar-refractivity contribution in [2.24, 2.45) is 11.8 Å². The molecule has 0 bridgehead atoms. The van der Waals surface area contributed by atoms with Gasteiger partial charge in [-0.3, -0.25) is 5.04 Å². The van der Waals surface area contributed by atoms with Crippen LogP contribution < -0.4 is 5.26 Å². The first-order valence-corrected chi connectivity index (χ1v) is 9.66. The number of esters is 2. The average molecular weight is 458 g/mol. The maximum absolute atomic E-state index is 13.1. The second-order valence-electron chi connectivity index (χ2n) is 5.79. The molecule has 16 heteroatoms. The Morgan fingerprint density at radius 1 is 0.964 bits per heavy atom. The second-order valence-corrected chi connectivity index (χ2v) is 8.03. The summed E-state index contributed by atoms with van der Waals surface area (Å²) in [5.74, 6) is -5.19. The van der Waals surface area contributed by atoms with Crippen LogP contribution in [0, 0.1) is 11.8 Å². The molecule has 1 aliphatic rings. The van der Waals surface area contributed by atoms with Gasteiger partial charge in [-0.25, -0.2) is 18.0 Å². The predicted molar refractivity (Wildman–Crippen MR) is 76.7 cm³/mol. The Labute approximate surface area is 160 Å². The van der Waals surface area contributed by atoms with Gasteiger partial charge in [-0.05, 0) is 37.5 Å². The fourth-order valence-corrected chi connectivity index (χ4v) is 2.82. The standard InChI is InChI=1S/C12H16F4O10S2/c13-11(14,27-26-25-19)9(17)23-5-7-1-3-8(4-2-7)6-24-10(18)12(15,16)28(20,21)22/h7-8,19H,1-6H2,(H,20,21,22)/p-2. The molecule has 0 radical (unpaired) electrons. The Bertz CT molecular complexity index is 649. The Morgan fingerprint density at radius 2 is 1.39 bits per heavy atom. The van der Waals surface area contributed by atoms with Gasteiger partial charge in [0.25, 0.3) is 0 Å². The first-order valence-electron chi connectivity index (χ1n) is 7.51. The lowest BCUT2D eigenvalue weighted by Gasteiger charge is -2.28. The highest BCUT2D eigenvalue weighted by molar-refractivity contribution is 7.96. The van der Waals surface area contributed by atoms with E-state index < -0.39 is 57.1 Å². The molecule has 1 rings (SSSR count). The number of hydrogen-bond acceptors (Lipinski definition) is 11. The van der Waals surface area contributed by atoms with Gasteiger partial charge in [0, 0.05) is 0 Å². The summed E-state index contributed by atoms with van der Waals surface area (Å²) in [5, 5.41) is 2.84. The third kappa shape index (κ3) is 7.00. The minimum atomic E-state index is -6.20. The smallest absolute Gasteiger partial charge is 0.428 e. The zero-order valence-corrected chi connectivity index (χ0v) is 15.4. The van der Waals surface area contributed by atoms with Crippen molar-refractivity contribution in [1.82, 2.24) is 0 Å². The van der Waals surface area contributed by atoms with Crippen molar-refractivity contribution in [2.45, 2.75) is 36.2 Å². The summed E-state index contributed by atoms with van der Waals surface area (Å²) >= 11 is -0.831. The van der Waals surface area contributed by atoms with Crippen LogP contribution in [0.25, 0.3) is 0 Å². The molecule has 1 aliphatic carbocycles. The average Bonchev–Trinajstić information content (AvgIpc) is 2.62. The highest BCUT2D eigenvalue weighted by Crippen LogP contribution is 2.33. The third-order valence-corrected chi connectivity index (χ3v) is 5.12. The van der Waals surface area contributed by atoms with Crippen molar-refractivity contribution in [2.75, 3.05) is 13.2 Å². The Hall–Kier alpha value is -1.20. The minimum absolute atomic E-state index is 0.281. The van der Waals surface area contributed by atoms with E-state index in [0.29, 0.717) is 12.8 Å². The Morgan fingerprint density at radius 3 is 1.79 bits per heavy atom. The first kappa shape index (κ1) is 24.8. The predicted octanol–water partition coefficient (Wildman–Crippen LogP) is 0.482. The van der Waals surface area contributed by atoms with Crippen LogP contribution in [0.1, 0.15) is 25.7 Å². The number of carbonyl (C=O) groups is 2. The van der Waals surface area contributed by atoms with Crippen molar-refractivity contribution >= 4 is 34.1 Å². The lowest BCUT2D eigenvalue weighted by atomic mass is 9.83. The van der Waals surface area contributed by atoms with E-state index in [-0.39, 0.29) is 25.4 Å². The summed E-state index contributed by atoms with van der Waals surface area (Å²) in [6, 6.07) is 0. The largest absolute Gasteiger partial charge is 0.743 e. The summed E-state index contributed by atoms with van der Waals surface area (Å²) < 4.78 is 95.1. The fraction of sp³-hybridized carbons (Fsp3) is 0.833. The lowest BCUT2D eigenvalue weighted by molar-refractivity contribution is -0.777. The van der Waals surface area contributed by atoms with Crippen molar-refractivity contribution in [3.63, 3.8) is 0 Å². The van der Waals surface area contributed by atoms with Crippen LogP contribution in [-0.4, -0.2) is 48.6 Å². The molecular formula is C12H14F4O10S2-2. The molecule has 0 aliphatic heterocycles. The van der Waals surface area contributed by atoms with E-state index in [9.17, 15) is 45.4 Å². The molecule has 0 spiro atoms. The van der Waals surface area contributed by atoms with Crippen molar-refractivity contribution in [3.05, 3.63) is 0 Å². The van der Waals surface area contributed by atoms with Gasteiger partial charge in [0.1, 0.15) is 12.0 Å². The van der Waals surface area contributed by atoms with E-state index >= 15 is 0 Å². The Kier molecular flexibility index (Phi) is 8.89. The molecule has 28 heavy (non-hydrogen) atoms. The summed E-state index contributed by atoms with van der Waals surface area (Å²) in [5.41, 5.74) is 0. The van der Waals surface area contributed by atoms with Crippen LogP contribution in [0.2, 0.25) is 0 Å². The quantitative estimate of drug-likeness (QED) is 0.112. The van der Waals surface area contributed by atoms with Crippen LogP contribution in [0.4, 0.5) is 17.6 Å². The molecule has 0 aromatic carbocycles. The monoisotopic (exact) mass is 458 g/mol. The number of halogens is 4. The van der Waals surface area contributed by atoms with Gasteiger partial charge in [0.2, 0.25) is 0 Å². The van der Waals surface area contributed by atoms with Crippen molar-refractivity contribution in [3.8, 4) is 0 Å². The molecular weight excluding hydrogens is 444 g/mol. The zero-order valence-electron chi connectivity index (χ0n) is 13.8. The molecule has 0 amide bonds. The van der Waals surface area contributed by atoms with Crippen LogP contribution in [-0.2, 0) is 38.6 Å². The van der Waals surface area contributed by atoms with E-state index in [4.69, 9.17) is 0 Å². The van der Waals surface area contributed by atoms with Gasteiger partial charge in [0.05, 0.1) is 13.2 Å². The first-order chi connectivity index (χ1) is 12.8. The van der Waals surface area contributed by atoms with Crippen LogP contribution in [0.3, 0.4) is 0 Å². The van der Waals surface area contributed by atoms with Crippen LogP contribution >= 0.6 is 12.0 Å². The van der Waals surface area contributed by atoms with Crippen LogP contribution in [0.15, 0.2) is 0 Å². The maximum atomic E-state index is 13.1. The summed E-state index contributed by atoms with van der Waals surface area (Å²) in [6.45, 7) is -0.941. The SMILES string of the molecule is O=C(OCC1CCC(COC(=O)C(F)(F)S(=O)(=O)[O-])CC1)C(F)(F)SOO[O-]. The highest BCUT2D eigenvalue weighted by Gasteiger charge is 2.48. The lowest BCUT2D eigenvalue weighted by Crippen LogP contribution is -2.40. The topological polar surface area (TPSA) is 151 Å². The van der Waals surface area contributed by atoms with Crippen molar-refractivity contribution in [1.29, 1.82) is 0 Å². The third-order valence-electron chi connectivity index (χ3n) is 3.82. The number of ether oxygens (including phenoxy) is 2. The molecule has 0 aromatic rings. The Balaban J connectivity index is 2.36. The van der Waals surface area contributed by atoms with Gasteiger partial charge < -0.3 is 19.3 Å². The molecule has 1 saturated carbocycles. The normalized spacial score (nSPS) is 21.2. The van der Waals surface area contributed by atoms with E-state index in [1.807, 2.05) is 0 Å². The van der Waals surface area contributed by atoms with Gasteiger partial charge >= 0.3 is 22.4 Å². The number of hydrogen-bond donors (Lipinski definition) is 0. The molecule has 10 nitrogen and oxygen atoms in total. The van der Waals surface area contributed by atoms with Gasteiger partial charge in [-0.15, -0.1) is 0 Å². The molecule has 0 atom stereocenters. The number of rotatable bonds is 10. The van der Waals surface area contributed by atoms with E-state index in [1.54, 1.807) is 0 Å². The molecule has 0 unspecified atom stereocenters. The maximum Gasteiger partial charge on any atom is 0.428 e. The summed E-state index contributed by atoms with van der Waals surface area (Å²) in [4.78, 5) is 22.2. The minimum Gasteiger partial charge on any atom is -0.743 e. The summed E-state index contributed by atoms with van der Waals surface area (Å²) in [6.07, 6.45) is 1.18. The van der Waals surface area contributed by atoms with Gasteiger partial charge in [0.15, 0.2) is 10.1 Å². The zero-order chi connectivity index (χ0) is 21.6. The summed E-state index contributed by atoms with van der Waals surface area (Å²) in [7, 11) is -6.20. The van der Waals surface area contributed by atoms with Crippen molar-refractivity contribution < 1.29 is 64.2 Å². The van der Waals surface area contributed by atoms with Crippen LogP contribution in [0.5, 0.6) is 0 Å². The molecule has 0 saturated heterocycles. The number of carbonyl (C=O) groups excluding carboxylic acids is 2. The molecule has 0 heterocycles. The van der Waals surface area contributed by atoms with Gasteiger partial charge in [-0.2, -0.15) is 21.9 Å². The molecule has 0 N–H and O–H groups in total. The second kappa shape index (κ2) is 10.0.